The summed E-state index contributed by atoms with van der Waals surface area (Å²) >= 11 is 9.46. The largest absolute Gasteiger partial charge is 0.305 e. The van der Waals surface area contributed by atoms with Crippen LogP contribution in [0.2, 0.25) is 4.34 Å². The predicted octanol–water partition coefficient (Wildman–Crippen LogP) is 4.47. The average Bonchev–Trinajstić information content (AvgIpc) is 2.84. The van der Waals surface area contributed by atoms with Crippen molar-refractivity contribution in [1.82, 2.24) is 5.32 Å². The Morgan fingerprint density at radius 2 is 2.19 bits per heavy atom. The molecule has 1 N–H and O–H groups in total. The van der Waals surface area contributed by atoms with E-state index in [0.29, 0.717) is 6.04 Å². The second-order valence-electron chi connectivity index (χ2n) is 3.60. The Labute approximate surface area is 109 Å². The molecule has 0 saturated heterocycles. The third kappa shape index (κ3) is 2.48. The molecule has 0 radical (unpaired) electrons. The Morgan fingerprint density at radius 3 is 2.69 bits per heavy atom. The van der Waals surface area contributed by atoms with Gasteiger partial charge < -0.3 is 5.32 Å². The molecule has 4 heteroatoms. The van der Waals surface area contributed by atoms with E-state index in [-0.39, 0.29) is 0 Å². The molecule has 0 spiro atoms. The zero-order valence-corrected chi connectivity index (χ0v) is 11.7. The SMILES string of the molecule is CCNC(c1ccc(Cl)s1)c1sccc1C. The molecule has 2 rings (SSSR count). The molecule has 1 nitrogen and oxygen atoms in total. The van der Waals surface area contributed by atoms with Crippen molar-refractivity contribution in [3.8, 4) is 0 Å². The fourth-order valence-corrected chi connectivity index (χ4v) is 3.93. The Morgan fingerprint density at radius 1 is 1.38 bits per heavy atom. The van der Waals surface area contributed by atoms with Crippen LogP contribution in [-0.2, 0) is 0 Å². The van der Waals surface area contributed by atoms with Gasteiger partial charge in [-0.1, -0.05) is 18.5 Å². The van der Waals surface area contributed by atoms with E-state index in [1.54, 1.807) is 22.7 Å². The minimum absolute atomic E-state index is 0.294. The van der Waals surface area contributed by atoms with Crippen molar-refractivity contribution in [2.75, 3.05) is 6.54 Å². The Balaban J connectivity index is 2.34. The van der Waals surface area contributed by atoms with Crippen molar-refractivity contribution < 1.29 is 0 Å². The fourth-order valence-electron chi connectivity index (χ4n) is 1.69. The molecule has 0 fully saturated rings. The number of nitrogens with one attached hydrogen (secondary N) is 1. The molecule has 0 aromatic carbocycles. The van der Waals surface area contributed by atoms with E-state index >= 15 is 0 Å². The smallest absolute Gasteiger partial charge is 0.0931 e. The summed E-state index contributed by atoms with van der Waals surface area (Å²) < 4.78 is 0.854. The van der Waals surface area contributed by atoms with Crippen LogP contribution >= 0.6 is 34.3 Å². The van der Waals surface area contributed by atoms with E-state index in [9.17, 15) is 0 Å². The molecule has 1 atom stereocenters. The monoisotopic (exact) mass is 271 g/mol. The zero-order valence-electron chi connectivity index (χ0n) is 9.29. The van der Waals surface area contributed by atoms with Crippen LogP contribution in [0.4, 0.5) is 0 Å². The van der Waals surface area contributed by atoms with Crippen LogP contribution < -0.4 is 5.32 Å². The third-order valence-corrected chi connectivity index (χ3v) is 4.83. The summed E-state index contributed by atoms with van der Waals surface area (Å²) in [5.41, 5.74) is 1.35. The first kappa shape index (κ1) is 12.1. The molecule has 0 aliphatic rings. The number of hydrogen-bond acceptors (Lipinski definition) is 3. The van der Waals surface area contributed by atoms with Gasteiger partial charge in [-0.25, -0.2) is 0 Å². The van der Waals surface area contributed by atoms with Gasteiger partial charge in [-0.3, -0.25) is 0 Å². The highest BCUT2D eigenvalue weighted by atomic mass is 35.5. The third-order valence-electron chi connectivity index (χ3n) is 2.45. The standard InChI is InChI=1S/C12H14ClNS2/c1-3-14-11(9-4-5-10(13)16-9)12-8(2)6-7-15-12/h4-7,11,14H,3H2,1-2H3. The maximum atomic E-state index is 6.00. The van der Waals surface area contributed by atoms with E-state index in [1.165, 1.54) is 15.3 Å². The highest BCUT2D eigenvalue weighted by Crippen LogP contribution is 2.34. The lowest BCUT2D eigenvalue weighted by Crippen LogP contribution is -2.20. The Kier molecular flexibility index (Phi) is 4.03. The van der Waals surface area contributed by atoms with Crippen LogP contribution in [0.1, 0.15) is 28.3 Å². The lowest BCUT2D eigenvalue weighted by Gasteiger charge is -2.15. The van der Waals surface area contributed by atoms with Gasteiger partial charge in [0.1, 0.15) is 0 Å². The minimum atomic E-state index is 0.294. The first-order valence-corrected chi connectivity index (χ1v) is 7.32. The van der Waals surface area contributed by atoms with Crippen LogP contribution in [0.25, 0.3) is 0 Å². The second-order valence-corrected chi connectivity index (χ2v) is 6.29. The summed E-state index contributed by atoms with van der Waals surface area (Å²) in [6, 6.07) is 6.54. The van der Waals surface area contributed by atoms with E-state index < -0.39 is 0 Å². The molecular weight excluding hydrogens is 258 g/mol. The highest BCUT2D eigenvalue weighted by Gasteiger charge is 2.17. The molecule has 1 unspecified atom stereocenters. The van der Waals surface area contributed by atoms with Gasteiger partial charge in [-0.2, -0.15) is 0 Å². The molecule has 0 aliphatic heterocycles. The van der Waals surface area contributed by atoms with Gasteiger partial charge in [0.2, 0.25) is 0 Å². The van der Waals surface area contributed by atoms with Crippen LogP contribution in [0.3, 0.4) is 0 Å². The normalized spacial score (nSPS) is 12.9. The summed E-state index contributed by atoms with van der Waals surface area (Å²) in [5, 5.41) is 5.66. The van der Waals surface area contributed by atoms with Crippen molar-refractivity contribution in [2.24, 2.45) is 0 Å². The molecule has 0 aliphatic carbocycles. The van der Waals surface area contributed by atoms with Gasteiger partial charge in [0.25, 0.3) is 0 Å². The van der Waals surface area contributed by atoms with Gasteiger partial charge in [0.05, 0.1) is 10.4 Å². The minimum Gasteiger partial charge on any atom is -0.305 e. The zero-order chi connectivity index (χ0) is 11.5. The van der Waals surface area contributed by atoms with Crippen molar-refractivity contribution in [2.45, 2.75) is 19.9 Å². The van der Waals surface area contributed by atoms with E-state index in [2.05, 4.69) is 36.7 Å². The molecule has 0 saturated carbocycles. The van der Waals surface area contributed by atoms with Gasteiger partial charge in [-0.15, -0.1) is 22.7 Å². The Hall–Kier alpha value is -0.350. The molecule has 0 amide bonds. The topological polar surface area (TPSA) is 12.0 Å². The maximum absolute atomic E-state index is 6.00. The quantitative estimate of drug-likeness (QED) is 0.865. The maximum Gasteiger partial charge on any atom is 0.0931 e. The first-order chi connectivity index (χ1) is 7.72. The number of halogens is 1. The molecule has 0 bridgehead atoms. The number of rotatable bonds is 4. The lowest BCUT2D eigenvalue weighted by molar-refractivity contribution is 0.646. The van der Waals surface area contributed by atoms with Gasteiger partial charge >= 0.3 is 0 Å². The number of thiophene rings is 2. The van der Waals surface area contributed by atoms with E-state index in [0.717, 1.165) is 10.9 Å². The molecular formula is C12H14ClNS2. The number of aryl methyl sites for hydroxylation is 1. The van der Waals surface area contributed by atoms with Gasteiger partial charge in [0, 0.05) is 9.75 Å². The van der Waals surface area contributed by atoms with Crippen molar-refractivity contribution >= 4 is 34.3 Å². The highest BCUT2D eigenvalue weighted by molar-refractivity contribution is 7.16. The van der Waals surface area contributed by atoms with Crippen molar-refractivity contribution in [1.29, 1.82) is 0 Å². The van der Waals surface area contributed by atoms with Gasteiger partial charge in [0.15, 0.2) is 0 Å². The second kappa shape index (κ2) is 5.32. The Bertz CT molecular complexity index is 461. The summed E-state index contributed by atoms with van der Waals surface area (Å²) in [6.07, 6.45) is 0. The predicted molar refractivity (Wildman–Crippen MR) is 73.9 cm³/mol. The summed E-state index contributed by atoms with van der Waals surface area (Å²) in [7, 11) is 0. The molecule has 16 heavy (non-hydrogen) atoms. The summed E-state index contributed by atoms with van der Waals surface area (Å²) in [4.78, 5) is 2.68. The fraction of sp³-hybridized carbons (Fsp3) is 0.333. The molecule has 2 aromatic rings. The van der Waals surface area contributed by atoms with Crippen LogP contribution in [0.5, 0.6) is 0 Å². The molecule has 86 valence electrons. The first-order valence-electron chi connectivity index (χ1n) is 5.25. The average molecular weight is 272 g/mol. The van der Waals surface area contributed by atoms with Crippen LogP contribution in [0, 0.1) is 6.92 Å². The van der Waals surface area contributed by atoms with Crippen molar-refractivity contribution in [3.05, 3.63) is 43.2 Å². The summed E-state index contributed by atoms with van der Waals surface area (Å²) in [6.45, 7) is 5.24. The van der Waals surface area contributed by atoms with Gasteiger partial charge in [-0.05, 0) is 42.6 Å². The van der Waals surface area contributed by atoms with E-state index in [4.69, 9.17) is 11.6 Å². The lowest BCUT2D eigenvalue weighted by atomic mass is 10.1. The van der Waals surface area contributed by atoms with E-state index in [1.807, 2.05) is 6.07 Å². The number of hydrogen-bond donors (Lipinski definition) is 1. The van der Waals surface area contributed by atoms with Crippen molar-refractivity contribution in [3.63, 3.8) is 0 Å². The van der Waals surface area contributed by atoms with Crippen LogP contribution in [-0.4, -0.2) is 6.54 Å². The molecule has 2 heterocycles. The molecule has 2 aromatic heterocycles. The summed E-state index contributed by atoms with van der Waals surface area (Å²) in [5.74, 6) is 0. The van der Waals surface area contributed by atoms with Crippen LogP contribution in [0.15, 0.2) is 23.6 Å².